The number of hydrogen-bond donors (Lipinski definition) is 2. The fourth-order valence-corrected chi connectivity index (χ4v) is 3.46. The Morgan fingerprint density at radius 1 is 1.25 bits per heavy atom. The van der Waals surface area contributed by atoms with Crippen LogP contribution in [0, 0.1) is 0 Å². The number of hydrogen-bond acceptors (Lipinski definition) is 5. The van der Waals surface area contributed by atoms with E-state index in [1.54, 1.807) is 6.20 Å². The molecule has 6 nitrogen and oxygen atoms in total. The highest BCUT2D eigenvalue weighted by Gasteiger charge is 2.28. The molecule has 6 heteroatoms. The molecule has 1 saturated carbocycles. The van der Waals surface area contributed by atoms with Crippen molar-refractivity contribution in [1.82, 2.24) is 10.3 Å². The average Bonchev–Trinajstić information content (AvgIpc) is 2.86. The van der Waals surface area contributed by atoms with Crippen molar-refractivity contribution in [2.45, 2.75) is 44.1 Å². The van der Waals surface area contributed by atoms with Crippen LogP contribution in [0.25, 0.3) is 0 Å². The van der Waals surface area contributed by atoms with Crippen molar-refractivity contribution >= 4 is 11.6 Å². The number of morpholine rings is 1. The summed E-state index contributed by atoms with van der Waals surface area (Å²) in [7, 11) is 0. The molecule has 0 spiro atoms. The quantitative estimate of drug-likeness (QED) is 0.821. The monoisotopic (exact) mass is 333 g/mol. The third-order valence-corrected chi connectivity index (χ3v) is 4.96. The Morgan fingerprint density at radius 2 is 1.96 bits per heavy atom. The molecule has 2 heterocycles. The minimum atomic E-state index is -0.770. The van der Waals surface area contributed by atoms with E-state index < -0.39 is 5.60 Å². The maximum Gasteiger partial charge on any atom is 0.270 e. The molecule has 1 aromatic heterocycles. The summed E-state index contributed by atoms with van der Waals surface area (Å²) in [6, 6.07) is 3.73. The second kappa shape index (κ2) is 7.94. The number of aliphatic hydroxyl groups is 1. The average molecular weight is 333 g/mol. The van der Waals surface area contributed by atoms with E-state index in [0.29, 0.717) is 25.5 Å². The van der Waals surface area contributed by atoms with Gasteiger partial charge in [-0.1, -0.05) is 25.7 Å². The molecule has 2 aliphatic rings. The van der Waals surface area contributed by atoms with Crippen LogP contribution in [0.3, 0.4) is 0 Å². The van der Waals surface area contributed by atoms with Gasteiger partial charge < -0.3 is 20.1 Å². The summed E-state index contributed by atoms with van der Waals surface area (Å²) in [5.41, 5.74) is 0.622. The lowest BCUT2D eigenvalue weighted by Gasteiger charge is -2.29. The number of pyridine rings is 1. The van der Waals surface area contributed by atoms with Gasteiger partial charge in [0, 0.05) is 31.5 Å². The van der Waals surface area contributed by atoms with E-state index in [-0.39, 0.29) is 5.91 Å². The van der Waals surface area contributed by atoms with Crippen LogP contribution < -0.4 is 10.2 Å². The van der Waals surface area contributed by atoms with Crippen LogP contribution in [0.1, 0.15) is 49.0 Å². The highest BCUT2D eigenvalue weighted by molar-refractivity contribution is 5.93. The minimum absolute atomic E-state index is 0.220. The van der Waals surface area contributed by atoms with Gasteiger partial charge in [0.2, 0.25) is 0 Å². The molecule has 0 atom stereocenters. The van der Waals surface area contributed by atoms with Crippen molar-refractivity contribution in [2.75, 3.05) is 37.7 Å². The van der Waals surface area contributed by atoms with Gasteiger partial charge in [-0.2, -0.15) is 0 Å². The summed E-state index contributed by atoms with van der Waals surface area (Å²) in [6.45, 7) is 3.36. The van der Waals surface area contributed by atoms with Gasteiger partial charge in [-0.25, -0.2) is 0 Å². The third-order valence-electron chi connectivity index (χ3n) is 4.96. The highest BCUT2D eigenvalue weighted by Crippen LogP contribution is 2.26. The number of rotatable bonds is 4. The van der Waals surface area contributed by atoms with Crippen molar-refractivity contribution < 1.29 is 14.6 Å². The molecule has 1 aliphatic heterocycles. The molecule has 132 valence electrons. The van der Waals surface area contributed by atoms with Crippen LogP contribution in [0.2, 0.25) is 0 Å². The molecular formula is C18H27N3O3. The Morgan fingerprint density at radius 3 is 2.67 bits per heavy atom. The topological polar surface area (TPSA) is 74.7 Å². The lowest BCUT2D eigenvalue weighted by Crippen LogP contribution is -2.42. The molecule has 0 radical (unpaired) electrons. The van der Waals surface area contributed by atoms with Crippen LogP contribution in [-0.2, 0) is 4.74 Å². The maximum atomic E-state index is 12.4. The molecular weight excluding hydrogens is 306 g/mol. The van der Waals surface area contributed by atoms with Crippen molar-refractivity contribution in [3.63, 3.8) is 0 Å². The number of carbonyl (C=O) groups excluding carboxylic acids is 1. The standard InChI is InChI=1S/C18H27N3O3/c22-17(20-14-18(23)6-3-1-2-4-7-18)16-13-15(5-8-19-16)21-9-11-24-12-10-21/h5,8,13,23H,1-4,6-7,9-12,14H2,(H,20,22). The van der Waals surface area contributed by atoms with Gasteiger partial charge >= 0.3 is 0 Å². The van der Waals surface area contributed by atoms with Gasteiger partial charge in [-0.05, 0) is 25.0 Å². The molecule has 1 aromatic rings. The molecule has 1 aliphatic carbocycles. The number of carbonyl (C=O) groups is 1. The normalized spacial score (nSPS) is 21.1. The largest absolute Gasteiger partial charge is 0.388 e. The van der Waals surface area contributed by atoms with Gasteiger partial charge in [-0.15, -0.1) is 0 Å². The Labute approximate surface area is 143 Å². The molecule has 0 bridgehead atoms. The van der Waals surface area contributed by atoms with Gasteiger partial charge in [-0.3, -0.25) is 9.78 Å². The second-order valence-electron chi connectivity index (χ2n) is 6.82. The van der Waals surface area contributed by atoms with Crippen LogP contribution in [0.5, 0.6) is 0 Å². The number of nitrogens with one attached hydrogen (secondary N) is 1. The van der Waals surface area contributed by atoms with E-state index >= 15 is 0 Å². The summed E-state index contributed by atoms with van der Waals surface area (Å²) in [6.07, 6.45) is 7.57. The second-order valence-corrected chi connectivity index (χ2v) is 6.82. The first-order valence-electron chi connectivity index (χ1n) is 8.96. The van der Waals surface area contributed by atoms with E-state index in [1.165, 1.54) is 12.8 Å². The van der Waals surface area contributed by atoms with Crippen LogP contribution >= 0.6 is 0 Å². The predicted octanol–water partition coefficient (Wildman–Crippen LogP) is 1.73. The zero-order valence-corrected chi connectivity index (χ0v) is 14.2. The SMILES string of the molecule is O=C(NCC1(O)CCCCCC1)c1cc(N2CCOCC2)ccn1. The lowest BCUT2D eigenvalue weighted by atomic mass is 9.94. The zero-order valence-electron chi connectivity index (χ0n) is 14.2. The molecule has 24 heavy (non-hydrogen) atoms. The predicted molar refractivity (Wildman–Crippen MR) is 92.3 cm³/mol. The Kier molecular flexibility index (Phi) is 5.68. The summed E-state index contributed by atoms with van der Waals surface area (Å²) >= 11 is 0. The fraction of sp³-hybridized carbons (Fsp3) is 0.667. The van der Waals surface area contributed by atoms with Crippen molar-refractivity contribution in [2.24, 2.45) is 0 Å². The van der Waals surface area contributed by atoms with E-state index in [2.05, 4.69) is 15.2 Å². The first-order chi connectivity index (χ1) is 11.7. The first-order valence-corrected chi connectivity index (χ1v) is 8.96. The summed E-state index contributed by atoms with van der Waals surface area (Å²) in [5.74, 6) is -0.220. The Balaban J connectivity index is 1.60. The van der Waals surface area contributed by atoms with E-state index in [4.69, 9.17) is 4.74 Å². The number of nitrogens with zero attached hydrogens (tertiary/aromatic N) is 2. The van der Waals surface area contributed by atoms with Gasteiger partial charge in [0.25, 0.3) is 5.91 Å². The maximum absolute atomic E-state index is 12.4. The van der Waals surface area contributed by atoms with Crippen LogP contribution in [0.4, 0.5) is 5.69 Å². The molecule has 3 rings (SSSR count). The van der Waals surface area contributed by atoms with Gasteiger partial charge in [0.1, 0.15) is 5.69 Å². The third kappa shape index (κ3) is 4.45. The van der Waals surface area contributed by atoms with Gasteiger partial charge in [0.05, 0.1) is 18.8 Å². The first kappa shape index (κ1) is 17.2. The van der Waals surface area contributed by atoms with Gasteiger partial charge in [0.15, 0.2) is 0 Å². The minimum Gasteiger partial charge on any atom is -0.388 e. The van der Waals surface area contributed by atoms with Crippen molar-refractivity contribution in [3.8, 4) is 0 Å². The number of amides is 1. The van der Waals surface area contributed by atoms with Crippen LogP contribution in [0.15, 0.2) is 18.3 Å². The Hall–Kier alpha value is -1.66. The molecule has 2 N–H and O–H groups in total. The number of anilines is 1. The van der Waals surface area contributed by atoms with E-state index in [0.717, 1.165) is 44.5 Å². The summed E-state index contributed by atoms with van der Waals surface area (Å²) < 4.78 is 5.36. The zero-order chi connectivity index (χ0) is 16.8. The highest BCUT2D eigenvalue weighted by atomic mass is 16.5. The van der Waals surface area contributed by atoms with Crippen molar-refractivity contribution in [3.05, 3.63) is 24.0 Å². The Bertz CT molecular complexity index is 550. The summed E-state index contributed by atoms with van der Waals surface area (Å²) in [4.78, 5) is 18.8. The lowest BCUT2D eigenvalue weighted by molar-refractivity contribution is 0.0246. The summed E-state index contributed by atoms with van der Waals surface area (Å²) in [5, 5.41) is 13.5. The van der Waals surface area contributed by atoms with Crippen LogP contribution in [-0.4, -0.2) is 54.4 Å². The molecule has 0 aromatic carbocycles. The van der Waals surface area contributed by atoms with Crippen molar-refractivity contribution in [1.29, 1.82) is 0 Å². The fourth-order valence-electron chi connectivity index (χ4n) is 3.46. The molecule has 1 saturated heterocycles. The molecule has 0 unspecified atom stereocenters. The smallest absolute Gasteiger partial charge is 0.270 e. The number of aromatic nitrogens is 1. The number of ether oxygens (including phenoxy) is 1. The molecule has 2 fully saturated rings. The van der Waals surface area contributed by atoms with E-state index in [1.807, 2.05) is 12.1 Å². The molecule has 1 amide bonds. The van der Waals surface area contributed by atoms with E-state index in [9.17, 15) is 9.90 Å².